The van der Waals surface area contributed by atoms with Gasteiger partial charge in [0.25, 0.3) is 11.8 Å². The molecule has 0 bridgehead atoms. The van der Waals surface area contributed by atoms with Gasteiger partial charge in [0, 0.05) is 16.9 Å². The highest BCUT2D eigenvalue weighted by molar-refractivity contribution is 9.10. The second-order valence-electron chi connectivity index (χ2n) is 6.34. The lowest BCUT2D eigenvalue weighted by molar-refractivity contribution is 0.0684. The summed E-state index contributed by atoms with van der Waals surface area (Å²) in [6, 6.07) is 12.8. The topological polar surface area (TPSA) is 81.0 Å². The molecular weight excluding hydrogens is 442 g/mol. The first-order valence-electron chi connectivity index (χ1n) is 8.41. The third-order valence-electron chi connectivity index (χ3n) is 4.74. The molecule has 2 aromatic carbocycles. The van der Waals surface area contributed by atoms with Gasteiger partial charge >= 0.3 is 0 Å². The van der Waals surface area contributed by atoms with Gasteiger partial charge in [0.2, 0.25) is 5.16 Å². The van der Waals surface area contributed by atoms with Gasteiger partial charge in [0.15, 0.2) is 5.65 Å². The van der Waals surface area contributed by atoms with Crippen LogP contribution < -0.4 is 0 Å². The van der Waals surface area contributed by atoms with Crippen LogP contribution in [0.2, 0.25) is 0 Å². The minimum Gasteiger partial charge on any atom is -0.327 e. The Labute approximate surface area is 171 Å². The first-order valence-corrected chi connectivity index (χ1v) is 10.2. The van der Waals surface area contributed by atoms with Gasteiger partial charge in [-0.3, -0.25) is 14.5 Å². The van der Waals surface area contributed by atoms with Crippen molar-refractivity contribution in [3.8, 4) is 0 Å². The van der Waals surface area contributed by atoms with E-state index < -0.39 is 0 Å². The number of aromatic nitrogens is 4. The molecule has 28 heavy (non-hydrogen) atoms. The Hall–Kier alpha value is -2.78. The maximum Gasteiger partial charge on any atom is 0.262 e. The molecular formula is C19H12BrN5O2S. The number of benzene rings is 2. The zero-order chi connectivity index (χ0) is 19.4. The molecule has 0 fully saturated rings. The quantitative estimate of drug-likeness (QED) is 0.348. The highest BCUT2D eigenvalue weighted by Gasteiger charge is 2.35. The number of halogens is 1. The summed E-state index contributed by atoms with van der Waals surface area (Å²) in [6.45, 7) is 0. The van der Waals surface area contributed by atoms with E-state index in [0.29, 0.717) is 27.4 Å². The van der Waals surface area contributed by atoms with E-state index >= 15 is 0 Å². The fourth-order valence-corrected chi connectivity index (χ4v) is 4.45. The summed E-state index contributed by atoms with van der Waals surface area (Å²) in [5, 5.41) is 9.89. The van der Waals surface area contributed by atoms with Crippen molar-refractivity contribution in [3.05, 3.63) is 58.1 Å². The molecule has 2 aromatic heterocycles. The molecule has 0 N–H and O–H groups in total. The Morgan fingerprint density at radius 1 is 1.04 bits per heavy atom. The lowest BCUT2D eigenvalue weighted by Crippen LogP contribution is -2.29. The highest BCUT2D eigenvalue weighted by atomic mass is 79.9. The monoisotopic (exact) mass is 453 g/mol. The van der Waals surface area contributed by atoms with Crippen molar-refractivity contribution in [1.82, 2.24) is 24.6 Å². The predicted octanol–water partition coefficient (Wildman–Crippen LogP) is 3.62. The second kappa shape index (κ2) is 6.39. The SMILES string of the molecule is Cn1c2ccc(Br)cc2c2nnc(SCN3C(=O)c4ccccc4C3=O)nc21. The van der Waals surface area contributed by atoms with Gasteiger partial charge in [-0.15, -0.1) is 10.2 Å². The van der Waals surface area contributed by atoms with Crippen molar-refractivity contribution in [2.24, 2.45) is 7.05 Å². The van der Waals surface area contributed by atoms with E-state index in [1.807, 2.05) is 29.8 Å². The number of nitrogens with zero attached hydrogens (tertiary/aromatic N) is 5. The average Bonchev–Trinajstić information content (AvgIpc) is 3.12. The van der Waals surface area contributed by atoms with Gasteiger partial charge in [-0.25, -0.2) is 4.98 Å². The van der Waals surface area contributed by atoms with E-state index in [2.05, 4.69) is 31.1 Å². The summed E-state index contributed by atoms with van der Waals surface area (Å²) in [5.74, 6) is -0.456. The largest absolute Gasteiger partial charge is 0.327 e. The van der Waals surface area contributed by atoms with Crippen LogP contribution >= 0.6 is 27.7 Å². The third-order valence-corrected chi connectivity index (χ3v) is 6.05. The molecule has 0 spiro atoms. The maximum atomic E-state index is 12.5. The molecule has 0 saturated carbocycles. The van der Waals surface area contributed by atoms with E-state index in [9.17, 15) is 9.59 Å². The minimum atomic E-state index is -0.295. The van der Waals surface area contributed by atoms with Crippen molar-refractivity contribution in [1.29, 1.82) is 0 Å². The fraction of sp³-hybridized carbons (Fsp3) is 0.105. The maximum absolute atomic E-state index is 12.5. The second-order valence-corrected chi connectivity index (χ2v) is 8.17. The summed E-state index contributed by atoms with van der Waals surface area (Å²) < 4.78 is 2.91. The Kier molecular flexibility index (Phi) is 3.95. The summed E-state index contributed by atoms with van der Waals surface area (Å²) in [5.41, 5.74) is 3.28. The molecule has 5 rings (SSSR count). The van der Waals surface area contributed by atoms with Crippen molar-refractivity contribution >= 4 is 61.6 Å². The van der Waals surface area contributed by atoms with Crippen molar-refractivity contribution < 1.29 is 9.59 Å². The predicted molar refractivity (Wildman–Crippen MR) is 109 cm³/mol. The summed E-state index contributed by atoms with van der Waals surface area (Å²) >= 11 is 4.69. The number of imide groups is 1. The van der Waals surface area contributed by atoms with Gasteiger partial charge in [0.1, 0.15) is 5.52 Å². The number of fused-ring (bicyclic) bond motifs is 4. The Morgan fingerprint density at radius 2 is 1.75 bits per heavy atom. The lowest BCUT2D eigenvalue weighted by Gasteiger charge is -2.12. The van der Waals surface area contributed by atoms with Gasteiger partial charge < -0.3 is 4.57 Å². The highest BCUT2D eigenvalue weighted by Crippen LogP contribution is 2.30. The smallest absolute Gasteiger partial charge is 0.262 e. The van der Waals surface area contributed by atoms with Crippen LogP contribution in [0.1, 0.15) is 20.7 Å². The van der Waals surface area contributed by atoms with Crippen molar-refractivity contribution in [2.75, 3.05) is 5.88 Å². The Balaban J connectivity index is 1.45. The zero-order valence-electron chi connectivity index (χ0n) is 14.6. The van der Waals surface area contributed by atoms with Crippen molar-refractivity contribution in [2.45, 2.75) is 5.16 Å². The van der Waals surface area contributed by atoms with E-state index in [0.717, 1.165) is 15.4 Å². The van der Waals surface area contributed by atoms with Crippen molar-refractivity contribution in [3.63, 3.8) is 0 Å². The first-order chi connectivity index (χ1) is 13.5. The lowest BCUT2D eigenvalue weighted by atomic mass is 10.1. The number of carbonyl (C=O) groups excluding carboxylic acids is 2. The van der Waals surface area contributed by atoms with Crippen LogP contribution in [0.15, 0.2) is 52.1 Å². The molecule has 0 atom stereocenters. The van der Waals surface area contributed by atoms with Gasteiger partial charge in [-0.2, -0.15) is 0 Å². The van der Waals surface area contributed by atoms with Gasteiger partial charge in [-0.1, -0.05) is 39.8 Å². The molecule has 1 aliphatic rings. The fourth-order valence-electron chi connectivity index (χ4n) is 3.36. The van der Waals surface area contributed by atoms with Crippen LogP contribution in [-0.4, -0.2) is 42.3 Å². The number of amides is 2. The van der Waals surface area contributed by atoms with E-state index in [-0.39, 0.29) is 17.7 Å². The normalized spacial score (nSPS) is 13.7. The van der Waals surface area contributed by atoms with Crippen LogP contribution in [0, 0.1) is 0 Å². The molecule has 4 aromatic rings. The van der Waals surface area contributed by atoms with Gasteiger partial charge in [-0.05, 0) is 30.3 Å². The van der Waals surface area contributed by atoms with Gasteiger partial charge in [0.05, 0.1) is 22.5 Å². The molecule has 0 saturated heterocycles. The molecule has 138 valence electrons. The molecule has 0 radical (unpaired) electrons. The molecule has 3 heterocycles. The molecule has 0 aliphatic carbocycles. The van der Waals surface area contributed by atoms with E-state index in [1.54, 1.807) is 24.3 Å². The van der Waals surface area contributed by atoms with E-state index in [1.165, 1.54) is 16.7 Å². The molecule has 2 amide bonds. The summed E-state index contributed by atoms with van der Waals surface area (Å²) in [4.78, 5) is 30.7. The molecule has 1 aliphatic heterocycles. The van der Waals surface area contributed by atoms with Crippen LogP contribution in [0.3, 0.4) is 0 Å². The average molecular weight is 454 g/mol. The number of hydrogen-bond acceptors (Lipinski definition) is 6. The Bertz CT molecular complexity index is 1270. The summed E-state index contributed by atoms with van der Waals surface area (Å²) in [7, 11) is 1.92. The molecule has 0 unspecified atom stereocenters. The standard InChI is InChI=1S/C19H12BrN5O2S/c1-24-14-7-6-10(20)8-13(14)15-16(24)21-19(23-22-15)28-9-25-17(26)11-4-2-3-5-12(11)18(25)27/h2-8H,9H2,1H3. The Morgan fingerprint density at radius 3 is 2.46 bits per heavy atom. The third kappa shape index (κ3) is 2.54. The molecule has 9 heteroatoms. The number of thioether (sulfide) groups is 1. The van der Waals surface area contributed by atoms with E-state index in [4.69, 9.17) is 0 Å². The van der Waals surface area contributed by atoms with Crippen LogP contribution in [0.25, 0.3) is 22.1 Å². The number of aryl methyl sites for hydroxylation is 1. The first kappa shape index (κ1) is 17.3. The van der Waals surface area contributed by atoms with Crippen LogP contribution in [0.5, 0.6) is 0 Å². The number of hydrogen-bond donors (Lipinski definition) is 0. The zero-order valence-corrected chi connectivity index (χ0v) is 17.0. The minimum absolute atomic E-state index is 0.134. The number of carbonyl (C=O) groups is 2. The molecule has 7 nitrogen and oxygen atoms in total. The number of rotatable bonds is 3. The van der Waals surface area contributed by atoms with Crippen LogP contribution in [-0.2, 0) is 7.05 Å². The summed E-state index contributed by atoms with van der Waals surface area (Å²) in [6.07, 6.45) is 0. The van der Waals surface area contributed by atoms with Crippen LogP contribution in [0.4, 0.5) is 0 Å².